The van der Waals surface area contributed by atoms with Crippen LogP contribution in [0.25, 0.3) is 0 Å². The summed E-state index contributed by atoms with van der Waals surface area (Å²) in [4.78, 5) is 48.7. The molecule has 1 aliphatic heterocycles. The van der Waals surface area contributed by atoms with Crippen LogP contribution < -0.4 is 10.2 Å². The standard InChI is InChI=1S/C22H23N3O6/c1-3-15-5-8-18(9-6-15)24-12-16(10-21(24)27)22(28)31-13-20(26)23-17-7-4-14(2)19(11-17)25(29)30/h4-9,11,16H,3,10,12-13H2,1-2H3,(H,23,26)/t16-/m0/s1. The number of nitrogens with one attached hydrogen (secondary N) is 1. The minimum absolute atomic E-state index is 0.0140. The minimum Gasteiger partial charge on any atom is -0.455 e. The van der Waals surface area contributed by atoms with E-state index >= 15 is 0 Å². The molecule has 0 unspecified atom stereocenters. The molecule has 2 aromatic rings. The van der Waals surface area contributed by atoms with Crippen molar-refractivity contribution in [1.82, 2.24) is 0 Å². The zero-order chi connectivity index (χ0) is 22.5. The number of nitro groups is 1. The first-order valence-electron chi connectivity index (χ1n) is 9.89. The smallest absolute Gasteiger partial charge is 0.311 e. The second-order valence-corrected chi connectivity index (χ2v) is 7.34. The molecule has 0 aliphatic carbocycles. The van der Waals surface area contributed by atoms with Gasteiger partial charge in [0.2, 0.25) is 5.91 Å². The Balaban J connectivity index is 1.53. The number of hydrogen-bond donors (Lipinski definition) is 1. The van der Waals surface area contributed by atoms with E-state index in [9.17, 15) is 24.5 Å². The number of aryl methyl sites for hydroxylation is 2. The van der Waals surface area contributed by atoms with Crippen molar-refractivity contribution >= 4 is 34.8 Å². The molecule has 1 N–H and O–H groups in total. The number of carbonyl (C=O) groups is 3. The first-order valence-corrected chi connectivity index (χ1v) is 9.89. The summed E-state index contributed by atoms with van der Waals surface area (Å²) in [5.41, 5.74) is 2.45. The first kappa shape index (κ1) is 21.9. The molecule has 1 aliphatic rings. The minimum atomic E-state index is -0.661. The van der Waals surface area contributed by atoms with E-state index < -0.39 is 29.3 Å². The van der Waals surface area contributed by atoms with Crippen LogP contribution in [0.3, 0.4) is 0 Å². The van der Waals surface area contributed by atoms with E-state index in [-0.39, 0.29) is 30.2 Å². The van der Waals surface area contributed by atoms with Crippen LogP contribution in [0.15, 0.2) is 42.5 Å². The number of nitro benzene ring substituents is 1. The van der Waals surface area contributed by atoms with Gasteiger partial charge in [-0.25, -0.2) is 0 Å². The van der Waals surface area contributed by atoms with Crippen LogP contribution in [0, 0.1) is 23.0 Å². The number of rotatable bonds is 7. The molecule has 1 atom stereocenters. The lowest BCUT2D eigenvalue weighted by Gasteiger charge is -2.17. The van der Waals surface area contributed by atoms with E-state index in [1.807, 2.05) is 31.2 Å². The molecule has 0 spiro atoms. The van der Waals surface area contributed by atoms with Crippen LogP contribution in [0.2, 0.25) is 0 Å². The summed E-state index contributed by atoms with van der Waals surface area (Å²) in [6.07, 6.45) is 0.904. The zero-order valence-electron chi connectivity index (χ0n) is 17.3. The lowest BCUT2D eigenvalue weighted by molar-refractivity contribution is -0.385. The van der Waals surface area contributed by atoms with E-state index in [0.717, 1.165) is 17.7 Å². The average molecular weight is 425 g/mol. The first-order chi connectivity index (χ1) is 14.8. The fourth-order valence-corrected chi connectivity index (χ4v) is 3.36. The summed E-state index contributed by atoms with van der Waals surface area (Å²) in [7, 11) is 0. The normalized spacial score (nSPS) is 15.6. The van der Waals surface area contributed by atoms with Gasteiger partial charge in [-0.3, -0.25) is 24.5 Å². The molecule has 2 aromatic carbocycles. The molecule has 9 heteroatoms. The molecule has 1 heterocycles. The number of hydrogen-bond acceptors (Lipinski definition) is 6. The van der Waals surface area contributed by atoms with Crippen molar-refractivity contribution in [3.63, 3.8) is 0 Å². The highest BCUT2D eigenvalue weighted by Gasteiger charge is 2.36. The van der Waals surface area contributed by atoms with Gasteiger partial charge in [0.25, 0.3) is 11.6 Å². The van der Waals surface area contributed by atoms with Gasteiger partial charge < -0.3 is 15.0 Å². The van der Waals surface area contributed by atoms with E-state index in [0.29, 0.717) is 5.56 Å². The summed E-state index contributed by atoms with van der Waals surface area (Å²) in [6, 6.07) is 11.9. The van der Waals surface area contributed by atoms with Gasteiger partial charge in [0.05, 0.1) is 10.8 Å². The van der Waals surface area contributed by atoms with Crippen LogP contribution in [-0.2, 0) is 25.5 Å². The molecule has 0 bridgehead atoms. The number of amides is 2. The highest BCUT2D eigenvalue weighted by Crippen LogP contribution is 2.26. The number of esters is 1. The fourth-order valence-electron chi connectivity index (χ4n) is 3.36. The third-order valence-electron chi connectivity index (χ3n) is 5.15. The maximum absolute atomic E-state index is 12.3. The van der Waals surface area contributed by atoms with E-state index in [1.165, 1.54) is 23.1 Å². The molecule has 1 saturated heterocycles. The van der Waals surface area contributed by atoms with Crippen molar-refractivity contribution in [2.24, 2.45) is 5.92 Å². The predicted octanol–water partition coefficient (Wildman–Crippen LogP) is 3.00. The third-order valence-corrected chi connectivity index (χ3v) is 5.15. The van der Waals surface area contributed by atoms with Crippen LogP contribution in [0.5, 0.6) is 0 Å². The topological polar surface area (TPSA) is 119 Å². The highest BCUT2D eigenvalue weighted by molar-refractivity contribution is 6.00. The van der Waals surface area contributed by atoms with Gasteiger partial charge in [-0.2, -0.15) is 0 Å². The lowest BCUT2D eigenvalue weighted by Crippen LogP contribution is -2.28. The monoisotopic (exact) mass is 425 g/mol. The van der Waals surface area contributed by atoms with E-state index in [4.69, 9.17) is 4.74 Å². The predicted molar refractivity (Wildman–Crippen MR) is 114 cm³/mol. The van der Waals surface area contributed by atoms with Gasteiger partial charge in [0.1, 0.15) is 0 Å². The zero-order valence-corrected chi connectivity index (χ0v) is 17.3. The Labute approximate surface area is 179 Å². The molecule has 3 rings (SSSR count). The maximum atomic E-state index is 12.3. The van der Waals surface area contributed by atoms with Crippen molar-refractivity contribution in [2.45, 2.75) is 26.7 Å². The van der Waals surface area contributed by atoms with Crippen molar-refractivity contribution in [2.75, 3.05) is 23.4 Å². The summed E-state index contributed by atoms with van der Waals surface area (Å²) >= 11 is 0. The SMILES string of the molecule is CCc1ccc(N2C[C@@H](C(=O)OCC(=O)Nc3ccc(C)c([N+](=O)[O-])c3)CC2=O)cc1. The largest absolute Gasteiger partial charge is 0.455 e. The molecule has 9 nitrogen and oxygen atoms in total. The third kappa shape index (κ3) is 5.25. The lowest BCUT2D eigenvalue weighted by atomic mass is 10.1. The van der Waals surface area contributed by atoms with Gasteiger partial charge >= 0.3 is 5.97 Å². The quantitative estimate of drug-likeness (QED) is 0.414. The van der Waals surface area contributed by atoms with Crippen molar-refractivity contribution in [1.29, 1.82) is 0 Å². The Morgan fingerprint density at radius 2 is 1.94 bits per heavy atom. The molecular weight excluding hydrogens is 402 g/mol. The summed E-state index contributed by atoms with van der Waals surface area (Å²) in [5, 5.41) is 13.5. The van der Waals surface area contributed by atoms with Crippen LogP contribution >= 0.6 is 0 Å². The number of benzene rings is 2. The second kappa shape index (κ2) is 9.38. The Bertz CT molecular complexity index is 1020. The summed E-state index contributed by atoms with van der Waals surface area (Å²) in [5.74, 6) is -2.09. The number of carbonyl (C=O) groups excluding carboxylic acids is 3. The maximum Gasteiger partial charge on any atom is 0.311 e. The van der Waals surface area contributed by atoms with Crippen LogP contribution in [0.1, 0.15) is 24.5 Å². The van der Waals surface area contributed by atoms with Crippen LogP contribution in [0.4, 0.5) is 17.1 Å². The molecular formula is C22H23N3O6. The van der Waals surface area contributed by atoms with Gasteiger partial charge in [-0.05, 0) is 37.1 Å². The molecule has 2 amide bonds. The van der Waals surface area contributed by atoms with Crippen LogP contribution in [-0.4, -0.2) is 35.9 Å². The molecule has 0 saturated carbocycles. The summed E-state index contributed by atoms with van der Waals surface area (Å²) in [6.45, 7) is 3.28. The highest BCUT2D eigenvalue weighted by atomic mass is 16.6. The average Bonchev–Trinajstić information content (AvgIpc) is 3.15. The second-order valence-electron chi connectivity index (χ2n) is 7.34. The number of ether oxygens (including phenoxy) is 1. The number of anilines is 2. The molecule has 162 valence electrons. The van der Waals surface area contributed by atoms with Gasteiger partial charge in [0, 0.05) is 36.0 Å². The Morgan fingerprint density at radius 1 is 1.23 bits per heavy atom. The Kier molecular flexibility index (Phi) is 6.64. The molecule has 31 heavy (non-hydrogen) atoms. The Hall–Kier alpha value is -3.75. The van der Waals surface area contributed by atoms with Gasteiger partial charge in [0.15, 0.2) is 6.61 Å². The van der Waals surface area contributed by atoms with Gasteiger partial charge in [-0.1, -0.05) is 25.1 Å². The van der Waals surface area contributed by atoms with Crippen molar-refractivity contribution in [3.8, 4) is 0 Å². The van der Waals surface area contributed by atoms with E-state index in [2.05, 4.69) is 5.32 Å². The van der Waals surface area contributed by atoms with Crippen molar-refractivity contribution < 1.29 is 24.0 Å². The molecule has 0 radical (unpaired) electrons. The number of nitrogens with zero attached hydrogens (tertiary/aromatic N) is 2. The van der Waals surface area contributed by atoms with E-state index in [1.54, 1.807) is 6.92 Å². The van der Waals surface area contributed by atoms with Crippen molar-refractivity contribution in [3.05, 3.63) is 63.7 Å². The summed E-state index contributed by atoms with van der Waals surface area (Å²) < 4.78 is 5.07. The Morgan fingerprint density at radius 3 is 2.58 bits per heavy atom. The molecule has 1 fully saturated rings. The molecule has 0 aromatic heterocycles. The fraction of sp³-hybridized carbons (Fsp3) is 0.318. The van der Waals surface area contributed by atoms with Gasteiger partial charge in [-0.15, -0.1) is 0 Å².